The van der Waals surface area contributed by atoms with Crippen molar-refractivity contribution in [2.75, 3.05) is 0 Å². The zero-order valence-electron chi connectivity index (χ0n) is 23.7. The molecule has 0 N–H and O–H groups in total. The lowest BCUT2D eigenvalue weighted by Crippen LogP contribution is -2.30. The molecule has 0 amide bonds. The number of hydrogen-bond acceptors (Lipinski definition) is 2. The number of furan rings is 1. The highest BCUT2D eigenvalue weighted by atomic mass is 16.3. The molecule has 6 rings (SSSR count). The summed E-state index contributed by atoms with van der Waals surface area (Å²) in [7, 11) is 1.98. The molecule has 0 saturated carbocycles. The maximum atomic E-state index is 10.1. The SMILES string of the molecule is [2H]C1([2H])c2ccc(-c3c(C#N)ccc4c3oc3c(-c5ccccc5C)[n+](C)ccc34)cc2C([2H])([2H])C1(C)C. The van der Waals surface area contributed by atoms with Crippen molar-refractivity contribution in [1.29, 1.82) is 5.26 Å². The number of hydrogen-bond donors (Lipinski definition) is 0. The summed E-state index contributed by atoms with van der Waals surface area (Å²) >= 11 is 0. The molecule has 0 spiro atoms. The van der Waals surface area contributed by atoms with Crippen molar-refractivity contribution < 1.29 is 14.5 Å². The minimum atomic E-state index is -1.90. The average Bonchev–Trinajstić information content (AvgIpc) is 3.30. The van der Waals surface area contributed by atoms with Gasteiger partial charge in [-0.1, -0.05) is 50.2 Å². The molecular formula is C31H27N2O+. The van der Waals surface area contributed by atoms with E-state index in [-0.39, 0.29) is 0 Å². The molecular weight excluding hydrogens is 416 g/mol. The topological polar surface area (TPSA) is 40.8 Å². The van der Waals surface area contributed by atoms with Crippen LogP contribution in [0.1, 0.15) is 41.6 Å². The van der Waals surface area contributed by atoms with E-state index in [1.54, 1.807) is 38.1 Å². The molecule has 0 fully saturated rings. The van der Waals surface area contributed by atoms with Crippen LogP contribution in [0.25, 0.3) is 44.3 Å². The average molecular weight is 448 g/mol. The fourth-order valence-corrected chi connectivity index (χ4v) is 5.09. The Morgan fingerprint density at radius 1 is 0.971 bits per heavy atom. The van der Waals surface area contributed by atoms with Crippen LogP contribution in [-0.4, -0.2) is 0 Å². The summed E-state index contributed by atoms with van der Waals surface area (Å²) in [6.45, 7) is 5.32. The predicted octanol–water partition coefficient (Wildman–Crippen LogP) is 7.05. The fourth-order valence-electron chi connectivity index (χ4n) is 5.09. The highest BCUT2D eigenvalue weighted by molar-refractivity contribution is 6.12. The number of aromatic nitrogens is 1. The molecule has 0 unspecified atom stereocenters. The number of aryl methyl sites for hydroxylation is 2. The van der Waals surface area contributed by atoms with Gasteiger partial charge in [0.2, 0.25) is 5.58 Å². The van der Waals surface area contributed by atoms with Gasteiger partial charge in [-0.2, -0.15) is 9.83 Å². The summed E-state index contributed by atoms with van der Waals surface area (Å²) in [5.74, 6) is 0. The van der Waals surface area contributed by atoms with E-state index < -0.39 is 18.2 Å². The van der Waals surface area contributed by atoms with Crippen LogP contribution in [0.4, 0.5) is 0 Å². The summed E-state index contributed by atoms with van der Waals surface area (Å²) < 4.78 is 43.7. The summed E-state index contributed by atoms with van der Waals surface area (Å²) in [5.41, 5.74) is 5.40. The van der Waals surface area contributed by atoms with Crippen LogP contribution in [0, 0.1) is 23.7 Å². The van der Waals surface area contributed by atoms with Crippen molar-refractivity contribution in [3.05, 3.63) is 89.1 Å². The van der Waals surface area contributed by atoms with Gasteiger partial charge < -0.3 is 4.42 Å². The molecule has 0 radical (unpaired) electrons. The van der Waals surface area contributed by atoms with E-state index in [1.807, 2.05) is 42.1 Å². The van der Waals surface area contributed by atoms with Crippen molar-refractivity contribution in [2.45, 2.75) is 33.5 Å². The Morgan fingerprint density at radius 2 is 1.74 bits per heavy atom. The third-order valence-corrected chi connectivity index (χ3v) is 6.65. The fraction of sp³-hybridized carbons (Fsp3) is 0.226. The van der Waals surface area contributed by atoms with Crippen molar-refractivity contribution in [3.8, 4) is 28.5 Å². The molecule has 1 aliphatic rings. The maximum absolute atomic E-state index is 10.1. The predicted molar refractivity (Wildman–Crippen MR) is 136 cm³/mol. The molecule has 1 aliphatic carbocycles. The van der Waals surface area contributed by atoms with Crippen molar-refractivity contribution >= 4 is 21.9 Å². The van der Waals surface area contributed by atoms with Gasteiger partial charge in [-0.3, -0.25) is 0 Å². The first kappa shape index (κ1) is 16.7. The van der Waals surface area contributed by atoms with Crippen LogP contribution in [0.2, 0.25) is 0 Å². The molecule has 0 atom stereocenters. The third-order valence-electron chi connectivity index (χ3n) is 6.65. The Labute approximate surface area is 205 Å². The monoisotopic (exact) mass is 447 g/mol. The second kappa shape index (κ2) is 7.30. The number of benzene rings is 3. The molecule has 3 heteroatoms. The van der Waals surface area contributed by atoms with Crippen LogP contribution >= 0.6 is 0 Å². The Hall–Kier alpha value is -3.90. The Morgan fingerprint density at radius 3 is 2.53 bits per heavy atom. The van der Waals surface area contributed by atoms with Gasteiger partial charge in [-0.15, -0.1) is 0 Å². The van der Waals surface area contributed by atoms with E-state index >= 15 is 0 Å². The molecule has 166 valence electrons. The van der Waals surface area contributed by atoms with Crippen LogP contribution in [-0.2, 0) is 19.8 Å². The second-order valence-corrected chi connectivity index (χ2v) is 9.55. The van der Waals surface area contributed by atoms with Gasteiger partial charge in [0.1, 0.15) is 12.6 Å². The zero-order valence-corrected chi connectivity index (χ0v) is 19.7. The quantitative estimate of drug-likeness (QED) is 0.272. The summed E-state index contributed by atoms with van der Waals surface area (Å²) in [6, 6.07) is 21.3. The lowest BCUT2D eigenvalue weighted by atomic mass is 9.90. The first-order valence-corrected chi connectivity index (χ1v) is 11.4. The highest BCUT2D eigenvalue weighted by Gasteiger charge is 2.29. The van der Waals surface area contributed by atoms with E-state index in [9.17, 15) is 5.26 Å². The highest BCUT2D eigenvalue weighted by Crippen LogP contribution is 2.43. The first-order valence-electron chi connectivity index (χ1n) is 13.4. The summed E-state index contributed by atoms with van der Waals surface area (Å²) in [4.78, 5) is 0. The number of rotatable bonds is 2. The molecule has 0 saturated heterocycles. The number of fused-ring (bicyclic) bond motifs is 4. The van der Waals surface area contributed by atoms with E-state index in [4.69, 9.17) is 9.90 Å². The normalized spacial score (nSPS) is 19.1. The van der Waals surface area contributed by atoms with Gasteiger partial charge >= 0.3 is 0 Å². The second-order valence-electron chi connectivity index (χ2n) is 9.55. The largest absolute Gasteiger partial charge is 0.448 e. The van der Waals surface area contributed by atoms with E-state index in [0.29, 0.717) is 39.0 Å². The first-order chi connectivity index (χ1) is 17.9. The van der Waals surface area contributed by atoms with Gasteiger partial charge in [-0.25, -0.2) is 0 Å². The Kier molecular flexibility index (Phi) is 3.58. The zero-order chi connectivity index (χ0) is 27.2. The summed E-state index contributed by atoms with van der Waals surface area (Å²) in [6.07, 6.45) is -1.74. The van der Waals surface area contributed by atoms with Crippen molar-refractivity contribution in [1.82, 2.24) is 0 Å². The minimum Gasteiger partial charge on any atom is -0.448 e. The molecule has 3 aromatic carbocycles. The smallest absolute Gasteiger partial charge is 0.256 e. The van der Waals surface area contributed by atoms with Crippen molar-refractivity contribution in [2.24, 2.45) is 12.5 Å². The van der Waals surface area contributed by atoms with E-state index in [0.717, 1.165) is 27.6 Å². The van der Waals surface area contributed by atoms with Gasteiger partial charge in [0.15, 0.2) is 6.20 Å². The Balaban J connectivity index is 1.68. The van der Waals surface area contributed by atoms with Crippen LogP contribution in [0.5, 0.6) is 0 Å². The molecule has 2 aromatic heterocycles. The van der Waals surface area contributed by atoms with Crippen LogP contribution in [0.3, 0.4) is 0 Å². The standard InChI is InChI=1S/C31H27N2O/c1-19-7-5-6-8-24(19)28-30-26(13-14-33(28)4)25-12-11-22(18-32)27(29(25)34-30)20-9-10-21-16-31(2,3)17-23(21)15-20/h5-15H,16-17H2,1-4H3/q+1/i16D2,17D2. The third kappa shape index (κ3) is 3.06. The van der Waals surface area contributed by atoms with E-state index in [2.05, 4.69) is 25.1 Å². The molecule has 0 aliphatic heterocycles. The summed E-state index contributed by atoms with van der Waals surface area (Å²) in [5, 5.41) is 11.9. The molecule has 5 aromatic rings. The molecule has 2 heterocycles. The number of nitrogens with zero attached hydrogens (tertiary/aromatic N) is 2. The lowest BCUT2D eigenvalue weighted by molar-refractivity contribution is -0.659. The van der Waals surface area contributed by atoms with Gasteiger partial charge in [0, 0.05) is 27.9 Å². The Bertz CT molecular complexity index is 1840. The van der Waals surface area contributed by atoms with Crippen molar-refractivity contribution in [3.63, 3.8) is 0 Å². The van der Waals surface area contributed by atoms with Crippen LogP contribution in [0.15, 0.2) is 71.3 Å². The van der Waals surface area contributed by atoms with Crippen LogP contribution < -0.4 is 4.57 Å². The molecule has 34 heavy (non-hydrogen) atoms. The molecule has 3 nitrogen and oxygen atoms in total. The maximum Gasteiger partial charge on any atom is 0.256 e. The van der Waals surface area contributed by atoms with Gasteiger partial charge in [0.05, 0.1) is 17.2 Å². The number of pyridine rings is 1. The van der Waals surface area contributed by atoms with Gasteiger partial charge in [-0.05, 0) is 65.5 Å². The minimum absolute atomic E-state index is 0.314. The number of nitriles is 1. The molecule has 0 bridgehead atoms. The van der Waals surface area contributed by atoms with E-state index in [1.165, 1.54) is 0 Å². The van der Waals surface area contributed by atoms with Gasteiger partial charge in [0.25, 0.3) is 5.69 Å². The lowest BCUT2D eigenvalue weighted by Gasteiger charge is -2.14.